The van der Waals surface area contributed by atoms with Crippen LogP contribution >= 0.6 is 11.8 Å². The Labute approximate surface area is 151 Å². The molecule has 1 aromatic carbocycles. The molecule has 3 rings (SSSR count). The molecular weight excluding hydrogens is 369 g/mol. The van der Waals surface area contributed by atoms with Crippen molar-refractivity contribution in [2.24, 2.45) is 0 Å². The number of hydrogen-bond donors (Lipinski definition) is 0. The summed E-state index contributed by atoms with van der Waals surface area (Å²) < 4.78 is 50.6. The van der Waals surface area contributed by atoms with Crippen LogP contribution in [-0.4, -0.2) is 34.0 Å². The minimum absolute atomic E-state index is 0.0893. The molecule has 0 radical (unpaired) electrons. The van der Waals surface area contributed by atoms with Crippen LogP contribution in [0.5, 0.6) is 11.5 Å². The van der Waals surface area contributed by atoms with Crippen LogP contribution in [0, 0.1) is 13.8 Å². The van der Waals surface area contributed by atoms with Gasteiger partial charge in [-0.25, -0.2) is 0 Å². The normalized spacial score (nSPS) is 11.8. The van der Waals surface area contributed by atoms with Gasteiger partial charge in [0.2, 0.25) is 0 Å². The van der Waals surface area contributed by atoms with Crippen molar-refractivity contribution < 1.29 is 22.6 Å². The van der Waals surface area contributed by atoms with Gasteiger partial charge in [-0.2, -0.15) is 22.8 Å². The van der Waals surface area contributed by atoms with Gasteiger partial charge in [0.25, 0.3) is 5.82 Å². The zero-order chi connectivity index (χ0) is 19.1. The molecule has 3 aromatic rings. The summed E-state index contributed by atoms with van der Waals surface area (Å²) in [6.07, 6.45) is -4.64. The number of aryl methyl sites for hydroxylation is 1. The molecule has 0 saturated carbocycles. The summed E-state index contributed by atoms with van der Waals surface area (Å²) in [6.45, 7) is 3.48. The summed E-state index contributed by atoms with van der Waals surface area (Å²) in [6, 6.07) is 5.24. The van der Waals surface area contributed by atoms with Crippen LogP contribution in [0.2, 0.25) is 0 Å². The van der Waals surface area contributed by atoms with Crippen molar-refractivity contribution in [1.29, 1.82) is 0 Å². The largest absolute Gasteiger partial charge is 0.493 e. The van der Waals surface area contributed by atoms with Gasteiger partial charge >= 0.3 is 6.18 Å². The number of ether oxygens (including phenoxy) is 2. The number of fused-ring (bicyclic) bond motifs is 1. The van der Waals surface area contributed by atoms with Crippen LogP contribution < -0.4 is 9.47 Å². The third kappa shape index (κ3) is 3.16. The molecule has 0 aliphatic heterocycles. The van der Waals surface area contributed by atoms with E-state index in [-0.39, 0.29) is 5.65 Å². The quantitative estimate of drug-likeness (QED) is 0.679. The number of methoxy groups -OCH3 is 2. The standard InChI is InChI=1S/C16H15F3N4O2S/c1-8-9(2)14(22-23-13(8)20-21-15(23)16(17,18)19)26-10-5-6-11(24-3)12(7-10)25-4/h5-7H,1-4H3. The number of benzene rings is 1. The van der Waals surface area contributed by atoms with Crippen LogP contribution in [0.15, 0.2) is 28.1 Å². The van der Waals surface area contributed by atoms with Gasteiger partial charge < -0.3 is 9.47 Å². The molecule has 0 N–H and O–H groups in total. The van der Waals surface area contributed by atoms with Gasteiger partial charge in [0.1, 0.15) is 5.03 Å². The minimum Gasteiger partial charge on any atom is -0.493 e. The summed E-state index contributed by atoms with van der Waals surface area (Å²) in [5, 5.41) is 11.4. The second kappa shape index (κ2) is 6.67. The van der Waals surface area contributed by atoms with Gasteiger partial charge in [-0.3, -0.25) is 0 Å². The first-order chi connectivity index (χ1) is 12.3. The van der Waals surface area contributed by atoms with Crippen LogP contribution in [-0.2, 0) is 6.18 Å². The second-order valence-electron chi connectivity index (χ2n) is 5.43. The Morgan fingerprint density at radius 2 is 1.69 bits per heavy atom. The summed E-state index contributed by atoms with van der Waals surface area (Å²) in [4.78, 5) is 0.749. The Bertz CT molecular complexity index is 972. The highest BCUT2D eigenvalue weighted by Gasteiger charge is 2.38. The van der Waals surface area contributed by atoms with E-state index in [1.165, 1.54) is 26.0 Å². The second-order valence-corrected chi connectivity index (χ2v) is 6.49. The Balaban J connectivity index is 2.09. The molecule has 0 saturated heterocycles. The van der Waals surface area contributed by atoms with Crippen LogP contribution in [0.3, 0.4) is 0 Å². The van der Waals surface area contributed by atoms with E-state index >= 15 is 0 Å². The number of alkyl halides is 3. The van der Waals surface area contributed by atoms with Crippen molar-refractivity contribution in [1.82, 2.24) is 19.8 Å². The Hall–Kier alpha value is -2.49. The van der Waals surface area contributed by atoms with E-state index in [0.29, 0.717) is 22.1 Å². The molecule has 0 atom stereocenters. The predicted octanol–water partition coefficient (Wildman–Crippen LogP) is 3.93. The molecule has 0 amide bonds. The van der Waals surface area contributed by atoms with Crippen molar-refractivity contribution in [2.75, 3.05) is 14.2 Å². The van der Waals surface area contributed by atoms with Gasteiger partial charge in [0.05, 0.1) is 14.2 Å². The molecule has 26 heavy (non-hydrogen) atoms. The lowest BCUT2D eigenvalue weighted by Crippen LogP contribution is -2.13. The zero-order valence-corrected chi connectivity index (χ0v) is 15.2. The molecule has 0 bridgehead atoms. The van der Waals surface area contributed by atoms with Crippen molar-refractivity contribution in [3.8, 4) is 11.5 Å². The number of hydrogen-bond acceptors (Lipinski definition) is 6. The lowest BCUT2D eigenvalue weighted by Gasteiger charge is -2.12. The van der Waals surface area contributed by atoms with Gasteiger partial charge in [-0.1, -0.05) is 11.8 Å². The monoisotopic (exact) mass is 384 g/mol. The first kappa shape index (κ1) is 18.3. The fraction of sp³-hybridized carbons (Fsp3) is 0.312. The molecule has 2 heterocycles. The molecule has 2 aromatic heterocycles. The van der Waals surface area contributed by atoms with E-state index in [1.807, 2.05) is 0 Å². The fourth-order valence-electron chi connectivity index (χ4n) is 2.37. The first-order valence-electron chi connectivity index (χ1n) is 7.46. The van der Waals surface area contributed by atoms with Gasteiger partial charge in [-0.15, -0.1) is 10.2 Å². The SMILES string of the molecule is COc1ccc(Sc2nn3c(C(F)(F)F)nnc3c(C)c2C)cc1OC. The van der Waals surface area contributed by atoms with Crippen molar-refractivity contribution in [3.63, 3.8) is 0 Å². The maximum atomic E-state index is 13.1. The van der Waals surface area contributed by atoms with Crippen molar-refractivity contribution in [2.45, 2.75) is 29.9 Å². The Morgan fingerprint density at radius 1 is 1.00 bits per heavy atom. The van der Waals surface area contributed by atoms with E-state index in [4.69, 9.17) is 9.47 Å². The van der Waals surface area contributed by atoms with Crippen LogP contribution in [0.4, 0.5) is 13.2 Å². The predicted molar refractivity (Wildman–Crippen MR) is 88.9 cm³/mol. The van der Waals surface area contributed by atoms with Crippen molar-refractivity contribution in [3.05, 3.63) is 35.2 Å². The highest BCUT2D eigenvalue weighted by Crippen LogP contribution is 2.37. The molecule has 0 aliphatic rings. The zero-order valence-electron chi connectivity index (χ0n) is 14.4. The number of nitrogens with zero attached hydrogens (tertiary/aromatic N) is 4. The van der Waals surface area contributed by atoms with Crippen LogP contribution in [0.25, 0.3) is 5.65 Å². The van der Waals surface area contributed by atoms with Crippen LogP contribution in [0.1, 0.15) is 17.0 Å². The smallest absolute Gasteiger partial charge is 0.453 e. The summed E-state index contributed by atoms with van der Waals surface area (Å²) in [7, 11) is 3.04. The van der Waals surface area contributed by atoms with E-state index in [2.05, 4.69) is 15.3 Å². The molecular formula is C16H15F3N4O2S. The average Bonchev–Trinajstić information content (AvgIpc) is 3.03. The van der Waals surface area contributed by atoms with Gasteiger partial charge in [0.15, 0.2) is 17.1 Å². The lowest BCUT2D eigenvalue weighted by atomic mass is 10.2. The lowest BCUT2D eigenvalue weighted by molar-refractivity contribution is -0.146. The minimum atomic E-state index is -4.64. The molecule has 6 nitrogen and oxygen atoms in total. The Morgan fingerprint density at radius 3 is 2.31 bits per heavy atom. The number of halogens is 3. The molecule has 138 valence electrons. The van der Waals surface area contributed by atoms with E-state index in [9.17, 15) is 13.2 Å². The topological polar surface area (TPSA) is 61.5 Å². The highest BCUT2D eigenvalue weighted by molar-refractivity contribution is 7.99. The Kier molecular flexibility index (Phi) is 4.70. The fourth-order valence-corrected chi connectivity index (χ4v) is 3.32. The van der Waals surface area contributed by atoms with Gasteiger partial charge in [-0.05, 0) is 37.6 Å². The van der Waals surface area contributed by atoms with E-state index in [1.54, 1.807) is 32.0 Å². The average molecular weight is 384 g/mol. The number of rotatable bonds is 4. The molecule has 10 heteroatoms. The highest BCUT2D eigenvalue weighted by atomic mass is 32.2. The van der Waals surface area contributed by atoms with Gasteiger partial charge in [0, 0.05) is 10.5 Å². The molecule has 0 unspecified atom stereocenters. The van der Waals surface area contributed by atoms with Crippen molar-refractivity contribution >= 4 is 17.4 Å². The summed E-state index contributed by atoms with van der Waals surface area (Å²) >= 11 is 1.22. The van der Waals surface area contributed by atoms with E-state index in [0.717, 1.165) is 15.0 Å². The maximum Gasteiger partial charge on any atom is 0.453 e. The molecule has 0 aliphatic carbocycles. The third-order valence-electron chi connectivity index (χ3n) is 3.87. The summed E-state index contributed by atoms with van der Waals surface area (Å²) in [5.41, 5.74) is 1.41. The maximum absolute atomic E-state index is 13.1. The molecule has 0 spiro atoms. The van der Waals surface area contributed by atoms with E-state index < -0.39 is 12.0 Å². The third-order valence-corrected chi connectivity index (χ3v) is 4.94. The summed E-state index contributed by atoms with van der Waals surface area (Å²) in [5.74, 6) is -0.0654. The first-order valence-corrected chi connectivity index (χ1v) is 8.27. The number of aromatic nitrogens is 4. The molecule has 0 fully saturated rings.